The normalized spacial score (nSPS) is 11.9. The Balaban J connectivity index is 3.13. The quantitative estimate of drug-likeness (QED) is 0.377. The summed E-state index contributed by atoms with van der Waals surface area (Å²) in [6.07, 6.45) is 0. The number of nitrogens with zero attached hydrogens (tertiary/aromatic N) is 1. The summed E-state index contributed by atoms with van der Waals surface area (Å²) in [4.78, 5) is 3.98. The van der Waals surface area contributed by atoms with Crippen molar-refractivity contribution in [1.29, 1.82) is 0 Å². The standard InChI is InChI=1S/C8H6Cl4N2/c9-3-7(13)14-4-1-5(10)8(12)6(11)2-4/h1-2H,3H2,(H2,13,14). The molecule has 6 heteroatoms. The third-order valence-corrected chi connectivity index (χ3v) is 2.85. The second-order valence-corrected chi connectivity index (χ2v) is 3.92. The number of rotatable bonds is 2. The highest BCUT2D eigenvalue weighted by atomic mass is 35.5. The van der Waals surface area contributed by atoms with Crippen molar-refractivity contribution >= 4 is 57.9 Å². The number of hydrogen-bond donors (Lipinski definition) is 1. The van der Waals surface area contributed by atoms with Crippen LogP contribution < -0.4 is 5.73 Å². The van der Waals surface area contributed by atoms with E-state index in [0.717, 1.165) is 0 Å². The second kappa shape index (κ2) is 5.08. The van der Waals surface area contributed by atoms with Gasteiger partial charge in [0.1, 0.15) is 5.84 Å². The summed E-state index contributed by atoms with van der Waals surface area (Å²) in [5.41, 5.74) is 5.97. The van der Waals surface area contributed by atoms with Crippen molar-refractivity contribution in [3.05, 3.63) is 27.2 Å². The van der Waals surface area contributed by atoms with Gasteiger partial charge in [-0.3, -0.25) is 0 Å². The Hall–Kier alpha value is -0.150. The molecule has 0 bridgehead atoms. The summed E-state index contributed by atoms with van der Waals surface area (Å²) >= 11 is 22.8. The first-order valence-electron chi connectivity index (χ1n) is 3.58. The Morgan fingerprint density at radius 3 is 2.14 bits per heavy atom. The first-order chi connectivity index (χ1) is 6.54. The molecule has 0 atom stereocenters. The van der Waals surface area contributed by atoms with Crippen molar-refractivity contribution in [2.24, 2.45) is 10.7 Å². The lowest BCUT2D eigenvalue weighted by molar-refractivity contribution is 1.45. The average molecular weight is 272 g/mol. The van der Waals surface area contributed by atoms with Gasteiger partial charge in [0.25, 0.3) is 0 Å². The van der Waals surface area contributed by atoms with E-state index < -0.39 is 0 Å². The highest BCUT2D eigenvalue weighted by Gasteiger charge is 2.05. The van der Waals surface area contributed by atoms with Crippen molar-refractivity contribution in [2.75, 3.05) is 5.88 Å². The molecule has 14 heavy (non-hydrogen) atoms. The minimum atomic E-state index is 0.151. The monoisotopic (exact) mass is 270 g/mol. The van der Waals surface area contributed by atoms with Crippen molar-refractivity contribution in [3.8, 4) is 0 Å². The van der Waals surface area contributed by atoms with E-state index in [1.807, 2.05) is 0 Å². The van der Waals surface area contributed by atoms with E-state index in [1.165, 1.54) is 0 Å². The summed E-state index contributed by atoms with van der Waals surface area (Å²) in [6, 6.07) is 3.13. The smallest absolute Gasteiger partial charge is 0.115 e. The highest BCUT2D eigenvalue weighted by molar-refractivity contribution is 6.48. The minimum absolute atomic E-state index is 0.151. The van der Waals surface area contributed by atoms with Gasteiger partial charge in [0.15, 0.2) is 0 Å². The van der Waals surface area contributed by atoms with E-state index in [1.54, 1.807) is 12.1 Å². The Bertz CT molecular complexity index is 353. The topological polar surface area (TPSA) is 38.4 Å². The van der Waals surface area contributed by atoms with Gasteiger partial charge >= 0.3 is 0 Å². The summed E-state index contributed by atoms with van der Waals surface area (Å²) in [7, 11) is 0. The molecule has 0 saturated heterocycles. The first kappa shape index (κ1) is 11.9. The number of halogens is 4. The van der Waals surface area contributed by atoms with E-state index >= 15 is 0 Å². The van der Waals surface area contributed by atoms with E-state index in [2.05, 4.69) is 4.99 Å². The van der Waals surface area contributed by atoms with Crippen LogP contribution in [-0.4, -0.2) is 11.7 Å². The molecule has 76 valence electrons. The molecule has 0 radical (unpaired) electrons. The van der Waals surface area contributed by atoms with Gasteiger partial charge in [-0.2, -0.15) is 0 Å². The number of hydrogen-bond acceptors (Lipinski definition) is 1. The van der Waals surface area contributed by atoms with E-state index in [-0.39, 0.29) is 5.88 Å². The molecule has 1 aromatic carbocycles. The maximum Gasteiger partial charge on any atom is 0.115 e. The van der Waals surface area contributed by atoms with Gasteiger partial charge in [-0.1, -0.05) is 34.8 Å². The van der Waals surface area contributed by atoms with Crippen molar-refractivity contribution < 1.29 is 0 Å². The van der Waals surface area contributed by atoms with Gasteiger partial charge in [-0.15, -0.1) is 11.6 Å². The molecule has 0 aliphatic rings. The minimum Gasteiger partial charge on any atom is -0.386 e. The largest absolute Gasteiger partial charge is 0.386 e. The lowest BCUT2D eigenvalue weighted by Crippen LogP contribution is -2.12. The summed E-state index contributed by atoms with van der Waals surface area (Å²) < 4.78 is 0. The molecule has 0 fully saturated rings. The zero-order valence-corrected chi connectivity index (χ0v) is 9.92. The fourth-order valence-electron chi connectivity index (χ4n) is 0.802. The fourth-order valence-corrected chi connectivity index (χ4v) is 1.45. The third-order valence-electron chi connectivity index (χ3n) is 1.38. The Morgan fingerprint density at radius 2 is 1.71 bits per heavy atom. The van der Waals surface area contributed by atoms with Crippen LogP contribution in [0.4, 0.5) is 5.69 Å². The zero-order chi connectivity index (χ0) is 10.7. The van der Waals surface area contributed by atoms with E-state index in [9.17, 15) is 0 Å². The van der Waals surface area contributed by atoms with Crippen LogP contribution in [0.3, 0.4) is 0 Å². The van der Waals surface area contributed by atoms with Gasteiger partial charge in [-0.25, -0.2) is 4.99 Å². The molecule has 1 rings (SSSR count). The maximum absolute atomic E-state index is 5.79. The predicted octanol–water partition coefficient (Wildman–Crippen LogP) is 3.87. The van der Waals surface area contributed by atoms with E-state index in [0.29, 0.717) is 26.6 Å². The van der Waals surface area contributed by atoms with Crippen LogP contribution in [0.1, 0.15) is 0 Å². The summed E-state index contributed by atoms with van der Waals surface area (Å²) in [5.74, 6) is 0.443. The molecule has 0 spiro atoms. The lowest BCUT2D eigenvalue weighted by Gasteiger charge is -2.01. The molecule has 0 heterocycles. The summed E-state index contributed by atoms with van der Waals surface area (Å²) in [5, 5.41) is 0.970. The molecule has 0 aromatic heterocycles. The van der Waals surface area contributed by atoms with Gasteiger partial charge < -0.3 is 5.73 Å². The molecular formula is C8H6Cl4N2. The number of amidine groups is 1. The Labute approximate surface area is 102 Å². The fraction of sp³-hybridized carbons (Fsp3) is 0.125. The van der Waals surface area contributed by atoms with Crippen LogP contribution in [0.15, 0.2) is 17.1 Å². The second-order valence-electron chi connectivity index (χ2n) is 2.46. The van der Waals surface area contributed by atoms with Gasteiger partial charge in [0.2, 0.25) is 0 Å². The van der Waals surface area contributed by atoms with Crippen LogP contribution in [0.25, 0.3) is 0 Å². The molecule has 0 aliphatic heterocycles. The molecule has 1 aromatic rings. The number of benzene rings is 1. The van der Waals surface area contributed by atoms with Crippen LogP contribution >= 0.6 is 46.4 Å². The molecular weight excluding hydrogens is 266 g/mol. The molecule has 0 saturated carbocycles. The predicted molar refractivity (Wildman–Crippen MR) is 63.5 cm³/mol. The Morgan fingerprint density at radius 1 is 1.21 bits per heavy atom. The van der Waals surface area contributed by atoms with Gasteiger partial charge in [0.05, 0.1) is 26.6 Å². The first-order valence-corrected chi connectivity index (χ1v) is 5.25. The van der Waals surface area contributed by atoms with Gasteiger partial charge in [-0.05, 0) is 12.1 Å². The van der Waals surface area contributed by atoms with Crippen molar-refractivity contribution in [3.63, 3.8) is 0 Å². The zero-order valence-electron chi connectivity index (χ0n) is 6.90. The molecule has 0 unspecified atom stereocenters. The average Bonchev–Trinajstić information content (AvgIpc) is 2.14. The van der Waals surface area contributed by atoms with Crippen LogP contribution in [0, 0.1) is 0 Å². The van der Waals surface area contributed by atoms with Crippen LogP contribution in [0.5, 0.6) is 0 Å². The van der Waals surface area contributed by atoms with E-state index in [4.69, 9.17) is 52.1 Å². The maximum atomic E-state index is 5.79. The SMILES string of the molecule is NC(CCl)=Nc1cc(Cl)c(Cl)c(Cl)c1. The molecule has 0 amide bonds. The Kier molecular flexibility index (Phi) is 4.32. The van der Waals surface area contributed by atoms with Crippen molar-refractivity contribution in [1.82, 2.24) is 0 Å². The number of aliphatic imine (C=N–C) groups is 1. The summed E-state index contributed by atoms with van der Waals surface area (Å²) in [6.45, 7) is 0. The number of nitrogens with two attached hydrogens (primary N) is 1. The molecule has 0 aliphatic carbocycles. The van der Waals surface area contributed by atoms with Crippen LogP contribution in [-0.2, 0) is 0 Å². The molecule has 2 N–H and O–H groups in total. The third kappa shape index (κ3) is 2.92. The lowest BCUT2D eigenvalue weighted by atomic mass is 10.3. The van der Waals surface area contributed by atoms with Crippen molar-refractivity contribution in [2.45, 2.75) is 0 Å². The van der Waals surface area contributed by atoms with Gasteiger partial charge in [0, 0.05) is 0 Å². The number of alkyl halides is 1. The highest BCUT2D eigenvalue weighted by Crippen LogP contribution is 2.34. The van der Waals surface area contributed by atoms with Crippen LogP contribution in [0.2, 0.25) is 15.1 Å². The molecule has 2 nitrogen and oxygen atoms in total.